The van der Waals surface area contributed by atoms with Gasteiger partial charge in [0.1, 0.15) is 0 Å². The summed E-state index contributed by atoms with van der Waals surface area (Å²) >= 11 is 0. The van der Waals surface area contributed by atoms with Gasteiger partial charge in [-0.15, -0.1) is 0 Å². The van der Waals surface area contributed by atoms with E-state index in [1.54, 1.807) is 0 Å². The molecule has 87 valence electrons. The summed E-state index contributed by atoms with van der Waals surface area (Å²) in [5, 5.41) is 0. The molecule has 0 amide bonds. The Hall–Kier alpha value is -1.15. The molecule has 2 nitrogen and oxygen atoms in total. The molecule has 0 saturated heterocycles. The highest BCUT2D eigenvalue weighted by atomic mass is 16.1. The van der Waals surface area contributed by atoms with Crippen molar-refractivity contribution in [3.63, 3.8) is 0 Å². The van der Waals surface area contributed by atoms with Crippen molar-refractivity contribution in [2.45, 2.75) is 33.2 Å². The zero-order valence-electron chi connectivity index (χ0n) is 10.8. The van der Waals surface area contributed by atoms with Crippen LogP contribution in [0.5, 0.6) is 0 Å². The molecule has 0 spiro atoms. The van der Waals surface area contributed by atoms with Gasteiger partial charge in [-0.3, -0.25) is 9.69 Å². The Balaban J connectivity index is 2.97. The van der Waals surface area contributed by atoms with Crippen LogP contribution in [0.3, 0.4) is 0 Å². The SMILES string of the molecule is Cc1ccc(C[C@H]([C]=O)N(C)C)c(C)c1C. The van der Waals surface area contributed by atoms with Gasteiger partial charge in [-0.05, 0) is 63.5 Å². The van der Waals surface area contributed by atoms with E-state index < -0.39 is 0 Å². The summed E-state index contributed by atoms with van der Waals surface area (Å²) in [6.07, 6.45) is 2.83. The largest absolute Gasteiger partial charge is 0.299 e. The summed E-state index contributed by atoms with van der Waals surface area (Å²) in [6, 6.07) is 4.08. The molecule has 0 fully saturated rings. The minimum atomic E-state index is -0.152. The zero-order chi connectivity index (χ0) is 12.3. The predicted octanol–water partition coefficient (Wildman–Crippen LogP) is 2.19. The number of hydrogen-bond donors (Lipinski definition) is 0. The van der Waals surface area contributed by atoms with Gasteiger partial charge in [0.2, 0.25) is 6.29 Å². The van der Waals surface area contributed by atoms with Crippen LogP contribution in [0.15, 0.2) is 12.1 Å². The number of benzene rings is 1. The van der Waals surface area contributed by atoms with Gasteiger partial charge in [0.15, 0.2) is 0 Å². The highest BCUT2D eigenvalue weighted by molar-refractivity contribution is 5.59. The van der Waals surface area contributed by atoms with E-state index >= 15 is 0 Å². The first-order chi connectivity index (χ1) is 7.47. The van der Waals surface area contributed by atoms with Gasteiger partial charge in [0.05, 0.1) is 6.04 Å². The average Bonchev–Trinajstić information content (AvgIpc) is 2.25. The third-order valence-corrected chi connectivity index (χ3v) is 3.34. The van der Waals surface area contributed by atoms with E-state index in [0.29, 0.717) is 0 Å². The van der Waals surface area contributed by atoms with Crippen LogP contribution in [-0.4, -0.2) is 31.3 Å². The van der Waals surface area contributed by atoms with Crippen molar-refractivity contribution < 1.29 is 4.79 Å². The Kier molecular flexibility index (Phi) is 4.25. The lowest BCUT2D eigenvalue weighted by atomic mass is 9.95. The fourth-order valence-electron chi connectivity index (χ4n) is 1.77. The van der Waals surface area contributed by atoms with E-state index in [4.69, 9.17) is 0 Å². The van der Waals surface area contributed by atoms with Crippen molar-refractivity contribution in [3.05, 3.63) is 34.4 Å². The number of nitrogens with zero attached hydrogens (tertiary/aromatic N) is 1. The van der Waals surface area contributed by atoms with Crippen LogP contribution in [0.25, 0.3) is 0 Å². The molecule has 1 aromatic carbocycles. The summed E-state index contributed by atoms with van der Waals surface area (Å²) in [7, 11) is 3.82. The molecule has 16 heavy (non-hydrogen) atoms. The third kappa shape index (κ3) is 2.70. The molecule has 1 atom stereocenters. The van der Waals surface area contributed by atoms with E-state index in [1.807, 2.05) is 19.0 Å². The van der Waals surface area contributed by atoms with Crippen LogP contribution in [0.2, 0.25) is 0 Å². The van der Waals surface area contributed by atoms with Gasteiger partial charge in [0, 0.05) is 0 Å². The average molecular weight is 218 g/mol. The molecular formula is C14H20NO. The summed E-state index contributed by atoms with van der Waals surface area (Å²) in [5.41, 5.74) is 5.16. The van der Waals surface area contributed by atoms with E-state index in [0.717, 1.165) is 6.42 Å². The maximum atomic E-state index is 10.8. The standard InChI is InChI=1S/C14H20NO/c1-10-6-7-13(12(3)11(10)2)8-14(9-16)15(4)5/h6-7,14H,8H2,1-5H3/t14-/m1/s1. The van der Waals surface area contributed by atoms with Gasteiger partial charge >= 0.3 is 0 Å². The van der Waals surface area contributed by atoms with Gasteiger partial charge in [-0.25, -0.2) is 0 Å². The van der Waals surface area contributed by atoms with Gasteiger partial charge in [-0.2, -0.15) is 0 Å². The molecule has 0 aliphatic carbocycles. The van der Waals surface area contributed by atoms with Crippen molar-refractivity contribution >= 4 is 6.29 Å². The Morgan fingerprint density at radius 3 is 2.31 bits per heavy atom. The van der Waals surface area contributed by atoms with Crippen molar-refractivity contribution in [2.75, 3.05) is 14.1 Å². The lowest BCUT2D eigenvalue weighted by Crippen LogP contribution is -2.31. The van der Waals surface area contributed by atoms with Gasteiger partial charge in [-0.1, -0.05) is 12.1 Å². The van der Waals surface area contributed by atoms with Crippen LogP contribution in [0, 0.1) is 20.8 Å². The minimum absolute atomic E-state index is 0.152. The quantitative estimate of drug-likeness (QED) is 0.772. The minimum Gasteiger partial charge on any atom is -0.299 e. The van der Waals surface area contributed by atoms with E-state index in [-0.39, 0.29) is 6.04 Å². The maximum Gasteiger partial charge on any atom is 0.217 e. The zero-order valence-corrected chi connectivity index (χ0v) is 10.8. The van der Waals surface area contributed by atoms with Crippen LogP contribution in [-0.2, 0) is 11.2 Å². The second-order valence-corrected chi connectivity index (χ2v) is 4.59. The Bertz CT molecular complexity index is 383. The molecule has 0 aliphatic rings. The summed E-state index contributed by atoms with van der Waals surface area (Å²) < 4.78 is 0. The molecule has 2 heteroatoms. The topological polar surface area (TPSA) is 20.3 Å². The van der Waals surface area contributed by atoms with Crippen LogP contribution in [0.4, 0.5) is 0 Å². The molecular weight excluding hydrogens is 198 g/mol. The number of aryl methyl sites for hydroxylation is 1. The van der Waals surface area contributed by atoms with Gasteiger partial charge < -0.3 is 0 Å². The molecule has 1 aromatic rings. The second-order valence-electron chi connectivity index (χ2n) is 4.59. The molecule has 0 bridgehead atoms. The van der Waals surface area contributed by atoms with Crippen molar-refractivity contribution in [1.82, 2.24) is 4.90 Å². The summed E-state index contributed by atoms with van der Waals surface area (Å²) in [5.74, 6) is 0. The molecule has 1 rings (SSSR count). The molecule has 0 saturated carbocycles. The summed E-state index contributed by atoms with van der Waals surface area (Å²) in [4.78, 5) is 12.8. The first-order valence-corrected chi connectivity index (χ1v) is 5.57. The highest BCUT2D eigenvalue weighted by Crippen LogP contribution is 2.18. The van der Waals surface area contributed by atoms with E-state index in [1.165, 1.54) is 22.3 Å². The summed E-state index contributed by atoms with van der Waals surface area (Å²) in [6.45, 7) is 6.36. The predicted molar refractivity (Wildman–Crippen MR) is 67.5 cm³/mol. The van der Waals surface area contributed by atoms with Crippen molar-refractivity contribution in [3.8, 4) is 0 Å². The Morgan fingerprint density at radius 1 is 1.19 bits per heavy atom. The number of rotatable bonds is 4. The molecule has 0 aromatic heterocycles. The monoisotopic (exact) mass is 218 g/mol. The first kappa shape index (κ1) is 12.9. The lowest BCUT2D eigenvalue weighted by molar-refractivity contribution is 0.346. The molecule has 0 aliphatic heterocycles. The van der Waals surface area contributed by atoms with Crippen LogP contribution >= 0.6 is 0 Å². The first-order valence-electron chi connectivity index (χ1n) is 5.57. The van der Waals surface area contributed by atoms with Crippen molar-refractivity contribution in [2.24, 2.45) is 0 Å². The smallest absolute Gasteiger partial charge is 0.217 e. The molecule has 0 N–H and O–H groups in total. The van der Waals surface area contributed by atoms with E-state index in [2.05, 4.69) is 39.2 Å². The number of likely N-dealkylation sites (N-methyl/N-ethyl adjacent to an activating group) is 1. The third-order valence-electron chi connectivity index (χ3n) is 3.34. The Morgan fingerprint density at radius 2 is 1.81 bits per heavy atom. The highest BCUT2D eigenvalue weighted by Gasteiger charge is 2.14. The van der Waals surface area contributed by atoms with Crippen molar-refractivity contribution in [1.29, 1.82) is 0 Å². The molecule has 0 heterocycles. The van der Waals surface area contributed by atoms with Crippen LogP contribution < -0.4 is 0 Å². The second kappa shape index (κ2) is 5.26. The normalized spacial score (nSPS) is 12.9. The van der Waals surface area contributed by atoms with Gasteiger partial charge in [0.25, 0.3) is 0 Å². The fourth-order valence-corrected chi connectivity index (χ4v) is 1.77. The fraction of sp³-hybridized carbons (Fsp3) is 0.500. The number of hydrogen-bond acceptors (Lipinski definition) is 2. The maximum absolute atomic E-state index is 10.8. The Labute approximate surface area is 98.3 Å². The molecule has 1 radical (unpaired) electrons. The number of carbonyl (C=O) groups excluding carboxylic acids is 1. The van der Waals surface area contributed by atoms with Crippen LogP contribution in [0.1, 0.15) is 22.3 Å². The lowest BCUT2D eigenvalue weighted by Gasteiger charge is -2.19. The molecule has 0 unspecified atom stereocenters. The van der Waals surface area contributed by atoms with E-state index in [9.17, 15) is 4.79 Å².